The van der Waals surface area contributed by atoms with Gasteiger partial charge in [-0.25, -0.2) is 4.39 Å². The van der Waals surface area contributed by atoms with E-state index in [1.165, 1.54) is 12.1 Å². The fourth-order valence-corrected chi connectivity index (χ4v) is 2.34. The van der Waals surface area contributed by atoms with E-state index in [0.29, 0.717) is 5.92 Å². The molecule has 0 bridgehead atoms. The Morgan fingerprint density at radius 2 is 2.24 bits per heavy atom. The lowest BCUT2D eigenvalue weighted by Crippen LogP contribution is -2.22. The van der Waals surface area contributed by atoms with Gasteiger partial charge in [-0.3, -0.25) is 10.1 Å². The van der Waals surface area contributed by atoms with Gasteiger partial charge in [-0.05, 0) is 24.8 Å². The number of anilines is 1. The fraction of sp³-hybridized carbons (Fsp3) is 0.500. The number of halogens is 1. The van der Waals surface area contributed by atoms with Gasteiger partial charge >= 0.3 is 0 Å². The summed E-state index contributed by atoms with van der Waals surface area (Å²) in [6, 6.07) is 3.72. The fourth-order valence-electron chi connectivity index (χ4n) is 2.34. The Kier molecular flexibility index (Phi) is 3.26. The van der Waals surface area contributed by atoms with Crippen LogP contribution in [-0.2, 0) is 0 Å². The number of hydrogen-bond acceptors (Lipinski definition) is 3. The van der Waals surface area contributed by atoms with Crippen LogP contribution in [0, 0.1) is 21.8 Å². The van der Waals surface area contributed by atoms with Crippen molar-refractivity contribution in [2.45, 2.75) is 32.2 Å². The zero-order valence-electron chi connectivity index (χ0n) is 9.65. The zero-order valence-corrected chi connectivity index (χ0v) is 9.65. The number of hydrogen-bond donors (Lipinski definition) is 1. The largest absolute Gasteiger partial charge is 0.376 e. The lowest BCUT2D eigenvalue weighted by Gasteiger charge is -2.18. The molecule has 2 rings (SSSR count). The molecule has 2 atom stereocenters. The minimum atomic E-state index is -0.485. The maximum Gasteiger partial charge on any atom is 0.292 e. The highest BCUT2D eigenvalue weighted by Gasteiger charge is 2.25. The Labute approximate surface area is 99.0 Å². The second kappa shape index (κ2) is 4.69. The highest BCUT2D eigenvalue weighted by Crippen LogP contribution is 2.32. The molecule has 17 heavy (non-hydrogen) atoms. The molecule has 1 aromatic carbocycles. The van der Waals surface area contributed by atoms with E-state index in [2.05, 4.69) is 12.2 Å². The van der Waals surface area contributed by atoms with Crippen molar-refractivity contribution in [1.29, 1.82) is 0 Å². The van der Waals surface area contributed by atoms with Crippen molar-refractivity contribution < 1.29 is 9.31 Å². The van der Waals surface area contributed by atoms with Crippen molar-refractivity contribution in [2.75, 3.05) is 5.32 Å². The van der Waals surface area contributed by atoms with Crippen LogP contribution >= 0.6 is 0 Å². The van der Waals surface area contributed by atoms with Crippen LogP contribution in [0.2, 0.25) is 0 Å². The van der Waals surface area contributed by atoms with Gasteiger partial charge < -0.3 is 5.32 Å². The zero-order chi connectivity index (χ0) is 12.4. The summed E-state index contributed by atoms with van der Waals surface area (Å²) >= 11 is 0. The van der Waals surface area contributed by atoms with E-state index in [9.17, 15) is 14.5 Å². The van der Waals surface area contributed by atoms with Crippen molar-refractivity contribution in [1.82, 2.24) is 0 Å². The summed E-state index contributed by atoms with van der Waals surface area (Å²) < 4.78 is 13.1. The lowest BCUT2D eigenvalue weighted by atomic mass is 10.1. The topological polar surface area (TPSA) is 55.2 Å². The maximum atomic E-state index is 13.1. The van der Waals surface area contributed by atoms with Crippen LogP contribution in [0.5, 0.6) is 0 Å². The SMILES string of the molecule is CC1CCCC1Nc1cc(F)ccc1[N+](=O)[O-]. The number of nitro benzene ring substituents is 1. The molecule has 1 aromatic rings. The number of rotatable bonds is 3. The standard InChI is InChI=1S/C12H15FN2O2/c1-8-3-2-4-10(8)14-11-7-9(13)5-6-12(11)15(16)17/h5-8,10,14H,2-4H2,1H3. The van der Waals surface area contributed by atoms with Crippen molar-refractivity contribution in [3.63, 3.8) is 0 Å². The molecule has 1 fully saturated rings. The molecule has 0 aliphatic heterocycles. The van der Waals surface area contributed by atoms with Crippen molar-refractivity contribution >= 4 is 11.4 Å². The number of nitrogens with zero attached hydrogens (tertiary/aromatic N) is 1. The summed E-state index contributed by atoms with van der Waals surface area (Å²) in [6.45, 7) is 2.11. The van der Waals surface area contributed by atoms with E-state index < -0.39 is 10.7 Å². The van der Waals surface area contributed by atoms with Crippen LogP contribution in [0.4, 0.5) is 15.8 Å². The van der Waals surface area contributed by atoms with E-state index in [1.807, 2.05) is 0 Å². The molecule has 1 aliphatic rings. The Morgan fingerprint density at radius 1 is 1.47 bits per heavy atom. The molecule has 0 spiro atoms. The van der Waals surface area contributed by atoms with E-state index in [1.54, 1.807) is 0 Å². The first-order valence-corrected chi connectivity index (χ1v) is 5.78. The average Bonchev–Trinajstić information content (AvgIpc) is 2.64. The Morgan fingerprint density at radius 3 is 2.82 bits per heavy atom. The average molecular weight is 238 g/mol. The second-order valence-electron chi connectivity index (χ2n) is 4.58. The molecule has 1 aliphatic carbocycles. The van der Waals surface area contributed by atoms with E-state index >= 15 is 0 Å². The summed E-state index contributed by atoms with van der Waals surface area (Å²) in [5.74, 6) is 0.0154. The summed E-state index contributed by atoms with van der Waals surface area (Å²) in [5, 5.41) is 13.9. The molecular weight excluding hydrogens is 223 g/mol. The number of nitro groups is 1. The first-order chi connectivity index (χ1) is 8.08. The lowest BCUT2D eigenvalue weighted by molar-refractivity contribution is -0.384. The Bertz CT molecular complexity index is 437. The van der Waals surface area contributed by atoms with Gasteiger partial charge in [-0.15, -0.1) is 0 Å². The molecule has 0 radical (unpaired) electrons. The first-order valence-electron chi connectivity index (χ1n) is 5.78. The highest BCUT2D eigenvalue weighted by molar-refractivity contribution is 5.62. The van der Waals surface area contributed by atoms with Gasteiger partial charge in [0.15, 0.2) is 0 Å². The molecule has 0 heterocycles. The van der Waals surface area contributed by atoms with Gasteiger partial charge in [-0.2, -0.15) is 0 Å². The van der Waals surface area contributed by atoms with Crippen LogP contribution in [-0.4, -0.2) is 11.0 Å². The summed E-state index contributed by atoms with van der Waals surface area (Å²) in [5.41, 5.74) is 0.222. The molecule has 0 saturated heterocycles. The molecule has 0 aromatic heterocycles. The summed E-state index contributed by atoms with van der Waals surface area (Å²) in [6.07, 6.45) is 3.21. The molecule has 2 unspecified atom stereocenters. The third-order valence-electron chi connectivity index (χ3n) is 3.36. The van der Waals surface area contributed by atoms with Crippen LogP contribution in [0.25, 0.3) is 0 Å². The molecule has 1 saturated carbocycles. The quantitative estimate of drug-likeness (QED) is 0.649. The molecule has 92 valence electrons. The predicted octanol–water partition coefficient (Wildman–Crippen LogP) is 3.33. The third-order valence-corrected chi connectivity index (χ3v) is 3.36. The van der Waals surface area contributed by atoms with E-state index in [-0.39, 0.29) is 17.4 Å². The summed E-state index contributed by atoms with van der Waals surface area (Å²) in [7, 11) is 0. The van der Waals surface area contributed by atoms with E-state index in [0.717, 1.165) is 25.3 Å². The van der Waals surface area contributed by atoms with Crippen molar-refractivity contribution in [3.05, 3.63) is 34.1 Å². The van der Waals surface area contributed by atoms with Crippen LogP contribution in [0.1, 0.15) is 26.2 Å². The Balaban J connectivity index is 2.24. The smallest absolute Gasteiger partial charge is 0.292 e. The van der Waals surface area contributed by atoms with Gasteiger partial charge in [0.2, 0.25) is 0 Å². The van der Waals surface area contributed by atoms with Gasteiger partial charge in [0.05, 0.1) is 4.92 Å². The Hall–Kier alpha value is -1.65. The van der Waals surface area contributed by atoms with Gasteiger partial charge in [-0.1, -0.05) is 13.3 Å². The normalized spacial score (nSPS) is 23.6. The van der Waals surface area contributed by atoms with Gasteiger partial charge in [0.25, 0.3) is 5.69 Å². The predicted molar refractivity (Wildman–Crippen MR) is 63.5 cm³/mol. The molecular formula is C12H15FN2O2. The molecule has 0 amide bonds. The number of benzene rings is 1. The first kappa shape index (κ1) is 11.8. The maximum absolute atomic E-state index is 13.1. The van der Waals surface area contributed by atoms with Crippen molar-refractivity contribution in [2.24, 2.45) is 5.92 Å². The van der Waals surface area contributed by atoms with Gasteiger partial charge in [0.1, 0.15) is 11.5 Å². The van der Waals surface area contributed by atoms with Crippen molar-refractivity contribution in [3.8, 4) is 0 Å². The van der Waals surface area contributed by atoms with Crippen LogP contribution in [0.3, 0.4) is 0 Å². The molecule has 4 nitrogen and oxygen atoms in total. The van der Waals surface area contributed by atoms with E-state index in [4.69, 9.17) is 0 Å². The molecule has 1 N–H and O–H groups in total. The third kappa shape index (κ3) is 2.54. The minimum Gasteiger partial charge on any atom is -0.376 e. The van der Waals surface area contributed by atoms with Crippen LogP contribution in [0.15, 0.2) is 18.2 Å². The minimum absolute atomic E-state index is 0.0644. The monoisotopic (exact) mass is 238 g/mol. The summed E-state index contributed by atoms with van der Waals surface area (Å²) in [4.78, 5) is 10.3. The number of nitrogens with one attached hydrogen (secondary N) is 1. The second-order valence-corrected chi connectivity index (χ2v) is 4.58. The highest BCUT2D eigenvalue weighted by atomic mass is 19.1. The van der Waals surface area contributed by atoms with Crippen LogP contribution < -0.4 is 5.32 Å². The van der Waals surface area contributed by atoms with Gasteiger partial charge in [0, 0.05) is 18.2 Å². The molecule has 5 heteroatoms.